The molecular weight excluding hydrogens is 416 g/mol. The predicted molar refractivity (Wildman–Crippen MR) is 118 cm³/mol. The van der Waals surface area contributed by atoms with Crippen LogP contribution in [0, 0.1) is 0 Å². The van der Waals surface area contributed by atoms with E-state index in [1.165, 1.54) is 4.88 Å². The van der Waals surface area contributed by atoms with E-state index < -0.39 is 5.60 Å². The number of hydrogen-bond donors (Lipinski definition) is 1. The monoisotopic (exact) mass is 446 g/mol. The molecule has 2 aromatic rings. The molecule has 0 atom stereocenters. The van der Waals surface area contributed by atoms with Gasteiger partial charge < -0.3 is 19.7 Å². The summed E-state index contributed by atoms with van der Waals surface area (Å²) in [6.07, 6.45) is 5.40. The van der Waals surface area contributed by atoms with Gasteiger partial charge >= 0.3 is 6.09 Å². The highest BCUT2D eigenvalue weighted by Gasteiger charge is 2.29. The maximum absolute atomic E-state index is 12.0. The number of ether oxygens (including phenoxy) is 2. The van der Waals surface area contributed by atoms with Crippen molar-refractivity contribution in [2.45, 2.75) is 84.1 Å². The Bertz CT molecular complexity index is 976. The van der Waals surface area contributed by atoms with Gasteiger partial charge in [0.1, 0.15) is 22.9 Å². The minimum atomic E-state index is -0.500. The van der Waals surface area contributed by atoms with Crippen molar-refractivity contribution in [2.24, 2.45) is 0 Å². The molecule has 0 saturated heterocycles. The first kappa shape index (κ1) is 21.8. The lowest BCUT2D eigenvalue weighted by atomic mass is 9.93. The third-order valence-electron chi connectivity index (χ3n) is 5.71. The predicted octanol–water partition coefficient (Wildman–Crippen LogP) is 3.81. The molecule has 1 fully saturated rings. The maximum Gasteiger partial charge on any atom is 0.407 e. The van der Waals surface area contributed by atoms with Gasteiger partial charge in [-0.1, -0.05) is 0 Å². The van der Waals surface area contributed by atoms with Crippen LogP contribution in [-0.4, -0.2) is 51.2 Å². The van der Waals surface area contributed by atoms with Gasteiger partial charge in [0, 0.05) is 36.5 Å². The normalized spacial score (nSPS) is 21.5. The SMILES string of the molecule is CC(=O)N1CCc2sc3ncnc(O[C@H]4CC[C@H](NC(=O)OC(C)(C)C)CC4)c3c2C1. The standard InChI is InChI=1S/C22H30N4O4S/c1-13(27)26-10-9-17-16(11-26)18-19(23-12-24-20(18)31-17)29-15-7-5-14(6-8-15)25-21(28)30-22(2,3)4/h12,14-15H,5-11H2,1-4H3,(H,25,28)/t14-,15-. The first-order chi connectivity index (χ1) is 14.7. The minimum Gasteiger partial charge on any atom is -0.474 e. The van der Waals surface area contributed by atoms with E-state index in [4.69, 9.17) is 9.47 Å². The highest BCUT2D eigenvalue weighted by atomic mass is 32.1. The summed E-state index contributed by atoms with van der Waals surface area (Å²) in [7, 11) is 0. The molecule has 3 heterocycles. The van der Waals surface area contributed by atoms with E-state index in [2.05, 4.69) is 15.3 Å². The van der Waals surface area contributed by atoms with E-state index in [9.17, 15) is 9.59 Å². The second-order valence-corrected chi connectivity index (χ2v) is 10.4. The largest absolute Gasteiger partial charge is 0.474 e. The Morgan fingerprint density at radius 3 is 2.61 bits per heavy atom. The number of thiophene rings is 1. The van der Waals surface area contributed by atoms with Crippen LogP contribution in [0.15, 0.2) is 6.33 Å². The first-order valence-electron chi connectivity index (χ1n) is 10.9. The Balaban J connectivity index is 1.42. The van der Waals surface area contributed by atoms with Crippen molar-refractivity contribution in [1.29, 1.82) is 0 Å². The molecule has 1 aliphatic carbocycles. The van der Waals surface area contributed by atoms with Gasteiger partial charge in [0.15, 0.2) is 0 Å². The molecule has 1 aliphatic heterocycles. The molecule has 2 amide bonds. The second-order valence-electron chi connectivity index (χ2n) is 9.29. The summed E-state index contributed by atoms with van der Waals surface area (Å²) in [6, 6.07) is 0.0955. The van der Waals surface area contributed by atoms with Gasteiger partial charge in [-0.05, 0) is 52.9 Å². The van der Waals surface area contributed by atoms with Crippen molar-refractivity contribution in [3.8, 4) is 5.88 Å². The number of carbonyl (C=O) groups excluding carboxylic acids is 2. The van der Waals surface area contributed by atoms with Crippen LogP contribution >= 0.6 is 11.3 Å². The fourth-order valence-electron chi connectivity index (χ4n) is 4.20. The van der Waals surface area contributed by atoms with Gasteiger partial charge in [-0.15, -0.1) is 11.3 Å². The van der Waals surface area contributed by atoms with Gasteiger partial charge in [-0.3, -0.25) is 4.79 Å². The Labute approximate surface area is 186 Å². The molecule has 1 N–H and O–H groups in total. The average molecular weight is 447 g/mol. The fourth-order valence-corrected chi connectivity index (χ4v) is 5.33. The number of fused-ring (bicyclic) bond motifs is 3. The van der Waals surface area contributed by atoms with Gasteiger partial charge in [-0.25, -0.2) is 14.8 Å². The lowest BCUT2D eigenvalue weighted by Gasteiger charge is -2.30. The lowest BCUT2D eigenvalue weighted by Crippen LogP contribution is -2.42. The zero-order chi connectivity index (χ0) is 22.2. The van der Waals surface area contributed by atoms with Crippen LogP contribution in [0.25, 0.3) is 10.2 Å². The number of hydrogen-bond acceptors (Lipinski definition) is 7. The van der Waals surface area contributed by atoms with Crippen LogP contribution in [0.1, 0.15) is 63.8 Å². The van der Waals surface area contributed by atoms with E-state index in [0.29, 0.717) is 12.4 Å². The number of amides is 2. The smallest absolute Gasteiger partial charge is 0.407 e. The van der Waals surface area contributed by atoms with Crippen LogP contribution < -0.4 is 10.1 Å². The Kier molecular flexibility index (Phi) is 6.05. The molecule has 9 heteroatoms. The minimum absolute atomic E-state index is 0.0397. The molecule has 168 valence electrons. The molecule has 0 radical (unpaired) electrons. The average Bonchev–Trinajstić information content (AvgIpc) is 3.06. The van der Waals surface area contributed by atoms with Crippen molar-refractivity contribution in [2.75, 3.05) is 6.54 Å². The highest BCUT2D eigenvalue weighted by Crippen LogP contribution is 2.39. The molecule has 0 bridgehead atoms. The summed E-state index contributed by atoms with van der Waals surface area (Å²) in [5, 5.41) is 3.91. The van der Waals surface area contributed by atoms with Crippen molar-refractivity contribution < 1.29 is 19.1 Å². The number of aromatic nitrogens is 2. The highest BCUT2D eigenvalue weighted by molar-refractivity contribution is 7.18. The van der Waals surface area contributed by atoms with E-state index in [-0.39, 0.29) is 24.1 Å². The molecule has 1 saturated carbocycles. The van der Waals surface area contributed by atoms with E-state index in [0.717, 1.165) is 54.4 Å². The topological polar surface area (TPSA) is 93.7 Å². The molecule has 8 nitrogen and oxygen atoms in total. The van der Waals surface area contributed by atoms with Gasteiger partial charge in [-0.2, -0.15) is 0 Å². The summed E-state index contributed by atoms with van der Waals surface area (Å²) in [5.74, 6) is 0.691. The fraction of sp³-hybridized carbons (Fsp3) is 0.636. The lowest BCUT2D eigenvalue weighted by molar-refractivity contribution is -0.129. The number of alkyl carbamates (subject to hydrolysis) is 1. The third-order valence-corrected chi connectivity index (χ3v) is 6.91. The van der Waals surface area contributed by atoms with E-state index in [1.54, 1.807) is 24.6 Å². The Morgan fingerprint density at radius 1 is 1.19 bits per heavy atom. The van der Waals surface area contributed by atoms with Crippen LogP contribution in [0.4, 0.5) is 4.79 Å². The zero-order valence-corrected chi connectivity index (χ0v) is 19.4. The molecule has 2 aliphatic rings. The number of rotatable bonds is 3. The molecule has 4 rings (SSSR count). The third kappa shape index (κ3) is 5.08. The van der Waals surface area contributed by atoms with E-state index in [1.807, 2.05) is 25.7 Å². The number of nitrogens with zero attached hydrogens (tertiary/aromatic N) is 3. The zero-order valence-electron chi connectivity index (χ0n) is 18.6. The first-order valence-corrected chi connectivity index (χ1v) is 11.7. The number of carbonyl (C=O) groups is 2. The molecule has 0 aromatic carbocycles. The summed E-state index contributed by atoms with van der Waals surface area (Å²) in [4.78, 5) is 36.8. The molecular formula is C22H30N4O4S. The van der Waals surface area contributed by atoms with Gasteiger partial charge in [0.25, 0.3) is 0 Å². The van der Waals surface area contributed by atoms with Gasteiger partial charge in [0.05, 0.1) is 5.39 Å². The Hall–Kier alpha value is -2.42. The quantitative estimate of drug-likeness (QED) is 0.771. The Morgan fingerprint density at radius 2 is 1.94 bits per heavy atom. The number of nitrogens with one attached hydrogen (secondary N) is 1. The summed E-state index contributed by atoms with van der Waals surface area (Å²) >= 11 is 1.67. The summed E-state index contributed by atoms with van der Waals surface area (Å²) in [5.41, 5.74) is 0.623. The molecule has 2 aromatic heterocycles. The van der Waals surface area contributed by atoms with Gasteiger partial charge in [0.2, 0.25) is 11.8 Å². The van der Waals surface area contributed by atoms with Crippen molar-refractivity contribution in [1.82, 2.24) is 20.2 Å². The van der Waals surface area contributed by atoms with Crippen molar-refractivity contribution >= 4 is 33.6 Å². The second kappa shape index (κ2) is 8.61. The summed E-state index contributed by atoms with van der Waals surface area (Å²) in [6.45, 7) is 8.52. The van der Waals surface area contributed by atoms with Crippen molar-refractivity contribution in [3.05, 3.63) is 16.8 Å². The molecule has 31 heavy (non-hydrogen) atoms. The molecule has 0 unspecified atom stereocenters. The van der Waals surface area contributed by atoms with Crippen LogP contribution in [0.5, 0.6) is 5.88 Å². The van der Waals surface area contributed by atoms with Crippen LogP contribution in [0.2, 0.25) is 0 Å². The summed E-state index contributed by atoms with van der Waals surface area (Å²) < 4.78 is 11.7. The van der Waals surface area contributed by atoms with E-state index >= 15 is 0 Å². The van der Waals surface area contributed by atoms with Crippen LogP contribution in [0.3, 0.4) is 0 Å². The maximum atomic E-state index is 12.0. The molecule has 0 spiro atoms. The van der Waals surface area contributed by atoms with Crippen molar-refractivity contribution in [3.63, 3.8) is 0 Å². The van der Waals surface area contributed by atoms with Crippen LogP contribution in [-0.2, 0) is 22.5 Å².